The van der Waals surface area contributed by atoms with Crippen molar-refractivity contribution in [1.82, 2.24) is 0 Å². The molecule has 0 saturated carbocycles. The molecule has 0 amide bonds. The predicted molar refractivity (Wildman–Crippen MR) is 104 cm³/mol. The molecule has 0 fully saturated rings. The van der Waals surface area contributed by atoms with Crippen molar-refractivity contribution in [1.29, 1.82) is 0 Å². The minimum atomic E-state index is -0.0321. The number of hydrogen-bond acceptors (Lipinski definition) is 1. The van der Waals surface area contributed by atoms with Crippen LogP contribution in [0.1, 0.15) is 37.5 Å². The first-order valence-corrected chi connectivity index (χ1v) is 10.9. The van der Waals surface area contributed by atoms with Crippen LogP contribution < -0.4 is 10.6 Å². The second-order valence-electron chi connectivity index (χ2n) is 6.79. The van der Waals surface area contributed by atoms with Crippen molar-refractivity contribution in [3.8, 4) is 5.75 Å². The summed E-state index contributed by atoms with van der Waals surface area (Å²) in [7, 11) is 5.09. The van der Waals surface area contributed by atoms with Gasteiger partial charge in [-0.2, -0.15) is 0 Å². The van der Waals surface area contributed by atoms with Crippen LogP contribution in [0.4, 0.5) is 0 Å². The Morgan fingerprint density at radius 2 is 1.58 bits per heavy atom. The SMILES string of the molecule is Cc1ccc(Pc2cc(C)ccc2O)c(C[N-]C(C)(C)C)c1.[Cl][Ti+]. The number of nitrogens with zero attached hydrogens (tertiary/aromatic N) is 1. The number of halogens is 1. The van der Waals surface area contributed by atoms with Crippen molar-refractivity contribution in [2.24, 2.45) is 0 Å². The Bertz CT molecular complexity index is 671. The molecule has 128 valence electrons. The van der Waals surface area contributed by atoms with E-state index in [2.05, 4.69) is 68.2 Å². The molecule has 0 heterocycles. The maximum absolute atomic E-state index is 10.1. The fourth-order valence-electron chi connectivity index (χ4n) is 2.19. The topological polar surface area (TPSA) is 34.3 Å². The standard InChI is InChI=1S/C19H25NOP.ClH.Ti/c1-13-7-9-17(15(10-13)12-20-19(3,4)5)22-18-11-14(2)6-8-16(18)21;;/h6-11,21-22H,12H2,1-5H3;1H;/q-1;;+2/p-1. The molecule has 24 heavy (non-hydrogen) atoms. The first kappa shape index (κ1) is 21.7. The van der Waals surface area contributed by atoms with Gasteiger partial charge in [0.15, 0.2) is 0 Å². The first-order chi connectivity index (χ1) is 11.2. The fourth-order valence-corrected chi connectivity index (χ4v) is 3.47. The summed E-state index contributed by atoms with van der Waals surface area (Å²) in [5, 5.41) is 17.1. The van der Waals surface area contributed by atoms with Gasteiger partial charge in [0.1, 0.15) is 5.75 Å². The van der Waals surface area contributed by atoms with E-state index in [0.29, 0.717) is 14.3 Å². The molecule has 0 aromatic heterocycles. The summed E-state index contributed by atoms with van der Waals surface area (Å²) in [5.41, 5.74) is 3.65. The fraction of sp³-hybridized carbons (Fsp3) is 0.368. The summed E-state index contributed by atoms with van der Waals surface area (Å²) in [6, 6.07) is 12.3. The second-order valence-corrected chi connectivity index (χ2v) is 8.12. The van der Waals surface area contributed by atoms with E-state index in [1.54, 1.807) is 6.07 Å². The summed E-state index contributed by atoms with van der Waals surface area (Å²) >= 11 is 1.47. The minimum absolute atomic E-state index is 0.0321. The molecule has 2 rings (SSSR count). The molecule has 0 aliphatic rings. The summed E-state index contributed by atoms with van der Waals surface area (Å²) in [4.78, 5) is 0. The Labute approximate surface area is 163 Å². The summed E-state index contributed by atoms with van der Waals surface area (Å²) < 4.78 is 0. The van der Waals surface area contributed by atoms with Gasteiger partial charge in [-0.05, 0) is 31.3 Å². The number of aromatic hydroxyl groups is 1. The van der Waals surface area contributed by atoms with E-state index < -0.39 is 0 Å². The van der Waals surface area contributed by atoms with E-state index >= 15 is 0 Å². The number of phenolic OH excluding ortho intramolecular Hbond substituents is 1. The van der Waals surface area contributed by atoms with Gasteiger partial charge >= 0.3 is 28.7 Å². The van der Waals surface area contributed by atoms with Crippen molar-refractivity contribution in [3.63, 3.8) is 0 Å². The zero-order valence-corrected chi connectivity index (χ0v) is 18.3. The average Bonchev–Trinajstić information content (AvgIpc) is 2.52. The Balaban J connectivity index is 0.00000139. The van der Waals surface area contributed by atoms with Gasteiger partial charge in [-0.15, -0.1) is 12.1 Å². The molecule has 2 nitrogen and oxygen atoms in total. The van der Waals surface area contributed by atoms with Gasteiger partial charge in [0, 0.05) is 5.30 Å². The summed E-state index contributed by atoms with van der Waals surface area (Å²) in [6.45, 7) is 11.3. The van der Waals surface area contributed by atoms with Crippen LogP contribution in [-0.2, 0) is 25.9 Å². The van der Waals surface area contributed by atoms with E-state index in [9.17, 15) is 5.11 Å². The number of rotatable bonds is 4. The quantitative estimate of drug-likeness (QED) is 0.572. The van der Waals surface area contributed by atoms with Gasteiger partial charge in [0.25, 0.3) is 0 Å². The Hall–Kier alpha value is -0.366. The van der Waals surface area contributed by atoms with Gasteiger partial charge in [-0.1, -0.05) is 70.3 Å². The number of phenols is 1. The zero-order chi connectivity index (χ0) is 18.3. The van der Waals surface area contributed by atoms with Crippen LogP contribution in [0.2, 0.25) is 0 Å². The average molecular weight is 398 g/mol. The summed E-state index contributed by atoms with van der Waals surface area (Å²) in [6.07, 6.45) is 0. The molecule has 0 aliphatic carbocycles. The third-order valence-electron chi connectivity index (χ3n) is 3.41. The van der Waals surface area contributed by atoms with E-state index in [1.165, 1.54) is 41.4 Å². The molecular weight excluding hydrogens is 373 g/mol. The van der Waals surface area contributed by atoms with E-state index in [0.717, 1.165) is 11.8 Å². The normalized spacial score (nSPS) is 11.4. The molecule has 1 unspecified atom stereocenters. The van der Waals surface area contributed by atoms with Crippen molar-refractivity contribution in [2.75, 3.05) is 0 Å². The van der Waals surface area contributed by atoms with E-state index in [1.807, 2.05) is 6.07 Å². The number of benzene rings is 2. The van der Waals surface area contributed by atoms with Gasteiger partial charge < -0.3 is 10.4 Å². The molecule has 0 spiro atoms. The van der Waals surface area contributed by atoms with Crippen molar-refractivity contribution >= 4 is 28.5 Å². The summed E-state index contributed by atoms with van der Waals surface area (Å²) in [5.74, 6) is 0.378. The Kier molecular flexibility index (Phi) is 8.98. The monoisotopic (exact) mass is 397 g/mol. The Morgan fingerprint density at radius 3 is 2.21 bits per heavy atom. The molecule has 0 saturated heterocycles. The predicted octanol–water partition coefficient (Wildman–Crippen LogP) is 5.00. The first-order valence-electron chi connectivity index (χ1n) is 7.78. The van der Waals surface area contributed by atoms with Gasteiger partial charge in [-0.3, -0.25) is 0 Å². The van der Waals surface area contributed by atoms with Crippen LogP contribution in [-0.4, -0.2) is 10.6 Å². The molecule has 2 aromatic carbocycles. The van der Waals surface area contributed by atoms with Gasteiger partial charge in [0.2, 0.25) is 0 Å². The molecule has 1 atom stereocenters. The van der Waals surface area contributed by atoms with Crippen molar-refractivity contribution in [2.45, 2.75) is 46.7 Å². The van der Waals surface area contributed by atoms with Gasteiger partial charge in [-0.25, -0.2) is 0 Å². The van der Waals surface area contributed by atoms with E-state index in [-0.39, 0.29) is 5.54 Å². The van der Waals surface area contributed by atoms with Crippen LogP contribution in [0.5, 0.6) is 5.75 Å². The van der Waals surface area contributed by atoms with Crippen LogP contribution in [0.15, 0.2) is 36.4 Å². The molecule has 0 bridgehead atoms. The number of hydrogen-bond donors (Lipinski definition) is 1. The zero-order valence-electron chi connectivity index (χ0n) is 14.9. The van der Waals surface area contributed by atoms with Crippen molar-refractivity contribution < 1.29 is 24.5 Å². The molecule has 5 heteroatoms. The maximum atomic E-state index is 10.1. The van der Waals surface area contributed by atoms with E-state index in [4.69, 9.17) is 5.32 Å². The molecule has 0 aliphatic heterocycles. The van der Waals surface area contributed by atoms with Crippen molar-refractivity contribution in [3.05, 3.63) is 58.4 Å². The van der Waals surface area contributed by atoms with Crippen LogP contribution in [0.3, 0.4) is 0 Å². The van der Waals surface area contributed by atoms with Crippen LogP contribution >= 0.6 is 17.9 Å². The van der Waals surface area contributed by atoms with Crippen LogP contribution in [0, 0.1) is 13.8 Å². The third-order valence-corrected chi connectivity index (χ3v) is 4.83. The molecule has 0 radical (unpaired) electrons. The van der Waals surface area contributed by atoms with Crippen LogP contribution in [0.25, 0.3) is 5.32 Å². The third kappa shape index (κ3) is 7.25. The molecule has 1 N–H and O–H groups in total. The second kappa shape index (κ2) is 9.95. The Morgan fingerprint density at radius 1 is 1.00 bits per heavy atom. The molecule has 2 aromatic rings. The molecular formula is C19H25ClNOPTi. The van der Waals surface area contributed by atoms with Gasteiger partial charge in [0.05, 0.1) is 0 Å². The number of aryl methyl sites for hydroxylation is 2.